The van der Waals surface area contributed by atoms with Crippen LogP contribution >= 0.6 is 0 Å². The lowest BCUT2D eigenvalue weighted by molar-refractivity contribution is 0.0793. The molecule has 4 heteroatoms. The molecule has 0 radical (unpaired) electrons. The molecular formula is C19H14N2O2. The van der Waals surface area contributed by atoms with Gasteiger partial charge in [0.15, 0.2) is 5.78 Å². The minimum Gasteiger partial charge on any atom is -0.488 e. The molecule has 23 heavy (non-hydrogen) atoms. The quantitative estimate of drug-likeness (QED) is 0.870. The number of ketones is 1. The normalized spacial score (nSPS) is 17.5. The minimum atomic E-state index is -0.875. The number of ether oxygens (including phenoxy) is 1. The fourth-order valence-corrected chi connectivity index (χ4v) is 2.98. The molecule has 112 valence electrons. The molecule has 0 aromatic heterocycles. The fourth-order valence-electron chi connectivity index (χ4n) is 2.98. The summed E-state index contributed by atoms with van der Waals surface area (Å²) < 4.78 is 5.98. The molecule has 4 nitrogen and oxygen atoms in total. The smallest absolute Gasteiger partial charge is 0.170 e. The maximum Gasteiger partial charge on any atom is 0.170 e. The Hall–Kier alpha value is -3.11. The van der Waals surface area contributed by atoms with E-state index in [1.54, 1.807) is 24.3 Å². The number of fused-ring (bicyclic) bond motifs is 1. The molecule has 2 aromatic carbocycles. The fraction of sp³-hybridized carbons (Fsp3) is 0.211. The molecule has 3 rings (SSSR count). The highest BCUT2D eigenvalue weighted by Gasteiger charge is 2.37. The number of nitrogens with zero attached hydrogens (tertiary/aromatic N) is 2. The lowest BCUT2D eigenvalue weighted by atomic mass is 9.80. The number of hydrogen-bond acceptors (Lipinski definition) is 4. The zero-order chi connectivity index (χ0) is 16.2. The lowest BCUT2D eigenvalue weighted by Gasteiger charge is -2.32. The van der Waals surface area contributed by atoms with Gasteiger partial charge < -0.3 is 4.74 Å². The van der Waals surface area contributed by atoms with Gasteiger partial charge in [-0.05, 0) is 17.7 Å². The molecular weight excluding hydrogens is 288 g/mol. The highest BCUT2D eigenvalue weighted by atomic mass is 16.5. The van der Waals surface area contributed by atoms with Crippen molar-refractivity contribution in [2.75, 3.05) is 0 Å². The van der Waals surface area contributed by atoms with Crippen molar-refractivity contribution < 1.29 is 9.53 Å². The first-order valence-electron chi connectivity index (χ1n) is 7.37. The van der Waals surface area contributed by atoms with E-state index in [0.717, 1.165) is 5.56 Å². The number of carbonyl (C=O) groups is 1. The Morgan fingerprint density at radius 3 is 2.35 bits per heavy atom. The van der Waals surface area contributed by atoms with Gasteiger partial charge in [0.05, 0.1) is 23.6 Å². The summed E-state index contributed by atoms with van der Waals surface area (Å²) in [6.07, 6.45) is -0.361. The number of hydrogen-bond donors (Lipinski definition) is 0. The van der Waals surface area contributed by atoms with Crippen LogP contribution in [0.3, 0.4) is 0 Å². The van der Waals surface area contributed by atoms with Crippen molar-refractivity contribution in [3.8, 4) is 17.9 Å². The summed E-state index contributed by atoms with van der Waals surface area (Å²) in [5.74, 6) is -0.847. The number of benzene rings is 2. The summed E-state index contributed by atoms with van der Waals surface area (Å²) in [5.41, 5.74) is 1.39. The Balaban J connectivity index is 2.01. The Kier molecular flexibility index (Phi) is 4.08. The van der Waals surface area contributed by atoms with Gasteiger partial charge in [-0.15, -0.1) is 0 Å². The van der Waals surface area contributed by atoms with Gasteiger partial charge in [-0.25, -0.2) is 0 Å². The van der Waals surface area contributed by atoms with Crippen molar-refractivity contribution in [2.24, 2.45) is 5.92 Å². The summed E-state index contributed by atoms with van der Waals surface area (Å²) in [6, 6.07) is 20.4. The standard InChI is InChI=1S/C19H14N2O2/c20-11-14(12-21)19(13-6-2-1-3-7-13)18-10-16(22)15-8-4-5-9-17(15)23-18/h1-9,14,18-19H,10H2. The highest BCUT2D eigenvalue weighted by molar-refractivity contribution is 6.00. The van der Waals surface area contributed by atoms with Crippen LogP contribution in [-0.4, -0.2) is 11.9 Å². The van der Waals surface area contributed by atoms with E-state index < -0.39 is 17.9 Å². The molecule has 0 spiro atoms. The molecule has 2 aromatic rings. The number of para-hydroxylation sites is 1. The number of rotatable bonds is 3. The molecule has 2 atom stereocenters. The van der Waals surface area contributed by atoms with E-state index in [4.69, 9.17) is 4.74 Å². The number of nitriles is 2. The molecule has 0 saturated carbocycles. The Morgan fingerprint density at radius 1 is 1.00 bits per heavy atom. The SMILES string of the molecule is N#CC(C#N)C(c1ccccc1)C1CC(=O)c2ccccc2O1. The molecule has 0 N–H and O–H groups in total. The average Bonchev–Trinajstić information content (AvgIpc) is 2.60. The van der Waals surface area contributed by atoms with Crippen LogP contribution in [0, 0.1) is 28.6 Å². The molecule has 0 amide bonds. The van der Waals surface area contributed by atoms with Gasteiger partial charge in [0.25, 0.3) is 0 Å². The van der Waals surface area contributed by atoms with Gasteiger partial charge in [0.1, 0.15) is 17.8 Å². The Bertz CT molecular complexity index is 788. The molecule has 0 fully saturated rings. The van der Waals surface area contributed by atoms with Crippen molar-refractivity contribution in [1.29, 1.82) is 10.5 Å². The van der Waals surface area contributed by atoms with Gasteiger partial charge in [-0.1, -0.05) is 42.5 Å². The maximum absolute atomic E-state index is 12.4. The van der Waals surface area contributed by atoms with Crippen LogP contribution in [0.4, 0.5) is 0 Å². The van der Waals surface area contributed by atoms with E-state index in [1.165, 1.54) is 0 Å². The zero-order valence-electron chi connectivity index (χ0n) is 12.3. The van der Waals surface area contributed by atoms with Crippen LogP contribution in [0.2, 0.25) is 0 Å². The largest absolute Gasteiger partial charge is 0.488 e. The average molecular weight is 302 g/mol. The topological polar surface area (TPSA) is 73.9 Å². The summed E-state index contributed by atoms with van der Waals surface area (Å²) in [4.78, 5) is 12.4. The van der Waals surface area contributed by atoms with E-state index in [-0.39, 0.29) is 12.2 Å². The second kappa shape index (κ2) is 6.34. The van der Waals surface area contributed by atoms with Crippen LogP contribution in [0.25, 0.3) is 0 Å². The summed E-state index contributed by atoms with van der Waals surface area (Å²) in [6.45, 7) is 0. The molecule has 0 aliphatic carbocycles. The monoisotopic (exact) mass is 302 g/mol. The Morgan fingerprint density at radius 2 is 1.65 bits per heavy atom. The molecule has 0 saturated heterocycles. The molecule has 1 aliphatic heterocycles. The predicted octanol–water partition coefficient (Wildman–Crippen LogP) is 3.47. The van der Waals surface area contributed by atoms with Crippen molar-refractivity contribution in [3.63, 3.8) is 0 Å². The lowest BCUT2D eigenvalue weighted by Crippen LogP contribution is -2.35. The first kappa shape index (κ1) is 14.8. The van der Waals surface area contributed by atoms with Crippen molar-refractivity contribution in [2.45, 2.75) is 18.4 Å². The van der Waals surface area contributed by atoms with E-state index in [2.05, 4.69) is 0 Å². The van der Waals surface area contributed by atoms with Gasteiger partial charge in [0, 0.05) is 6.42 Å². The zero-order valence-corrected chi connectivity index (χ0v) is 12.3. The first-order chi connectivity index (χ1) is 11.2. The van der Waals surface area contributed by atoms with Crippen molar-refractivity contribution in [3.05, 3.63) is 65.7 Å². The molecule has 1 heterocycles. The third-order valence-corrected chi connectivity index (χ3v) is 4.07. The molecule has 0 bridgehead atoms. The van der Waals surface area contributed by atoms with Gasteiger partial charge in [-0.2, -0.15) is 10.5 Å². The van der Waals surface area contributed by atoms with Crippen molar-refractivity contribution in [1.82, 2.24) is 0 Å². The van der Waals surface area contributed by atoms with Crippen LogP contribution in [0.15, 0.2) is 54.6 Å². The third-order valence-electron chi connectivity index (χ3n) is 4.07. The molecule has 2 unspecified atom stereocenters. The molecule has 1 aliphatic rings. The van der Waals surface area contributed by atoms with Crippen LogP contribution < -0.4 is 4.74 Å². The van der Waals surface area contributed by atoms with Crippen molar-refractivity contribution >= 4 is 5.78 Å². The van der Waals surface area contributed by atoms with E-state index in [0.29, 0.717) is 11.3 Å². The van der Waals surface area contributed by atoms with Gasteiger partial charge in [-0.3, -0.25) is 4.79 Å². The summed E-state index contributed by atoms with van der Waals surface area (Å²) in [7, 11) is 0. The Labute approximate surface area is 134 Å². The summed E-state index contributed by atoms with van der Waals surface area (Å²) in [5, 5.41) is 18.7. The second-order valence-electron chi connectivity index (χ2n) is 5.45. The van der Waals surface area contributed by atoms with E-state index in [9.17, 15) is 15.3 Å². The van der Waals surface area contributed by atoms with Crippen LogP contribution in [0.1, 0.15) is 28.3 Å². The second-order valence-corrected chi connectivity index (χ2v) is 5.45. The number of carbonyl (C=O) groups excluding carboxylic acids is 1. The first-order valence-corrected chi connectivity index (χ1v) is 7.37. The number of Topliss-reactive ketones (excluding diaryl/α,β-unsaturated/α-hetero) is 1. The third kappa shape index (κ3) is 2.80. The van der Waals surface area contributed by atoms with Gasteiger partial charge in [0.2, 0.25) is 0 Å². The predicted molar refractivity (Wildman–Crippen MR) is 83.7 cm³/mol. The minimum absolute atomic E-state index is 0.0209. The van der Waals surface area contributed by atoms with Crippen LogP contribution in [0.5, 0.6) is 5.75 Å². The highest BCUT2D eigenvalue weighted by Crippen LogP contribution is 2.37. The maximum atomic E-state index is 12.4. The van der Waals surface area contributed by atoms with E-state index in [1.807, 2.05) is 42.5 Å². The summed E-state index contributed by atoms with van der Waals surface area (Å²) >= 11 is 0. The van der Waals surface area contributed by atoms with E-state index >= 15 is 0 Å². The van der Waals surface area contributed by atoms with Gasteiger partial charge >= 0.3 is 0 Å². The van der Waals surface area contributed by atoms with Crippen LogP contribution in [-0.2, 0) is 0 Å².